The van der Waals surface area contributed by atoms with Gasteiger partial charge in [0.2, 0.25) is 10.0 Å². The summed E-state index contributed by atoms with van der Waals surface area (Å²) in [5.74, 6) is 0.390. The van der Waals surface area contributed by atoms with E-state index in [1.54, 1.807) is 7.05 Å². The summed E-state index contributed by atoms with van der Waals surface area (Å²) in [6.45, 7) is 0.0170. The smallest absolute Gasteiger partial charge is 0.241 e. The summed E-state index contributed by atoms with van der Waals surface area (Å²) in [5.41, 5.74) is 0. The van der Waals surface area contributed by atoms with E-state index in [4.69, 9.17) is 11.6 Å². The van der Waals surface area contributed by atoms with Crippen molar-refractivity contribution in [1.82, 2.24) is 24.5 Å². The molecule has 0 aliphatic heterocycles. The molecule has 0 unspecified atom stereocenters. The maximum Gasteiger partial charge on any atom is 0.241 e. The quantitative estimate of drug-likeness (QED) is 0.819. The largest absolute Gasteiger partial charge is 0.256 e. The predicted octanol–water partition coefficient (Wildman–Crippen LogP) is 0.342. The first-order valence-corrected chi connectivity index (χ1v) is 6.79. The molecule has 2 heterocycles. The first-order valence-electron chi connectivity index (χ1n) is 4.93. The fourth-order valence-electron chi connectivity index (χ4n) is 1.26. The lowest BCUT2D eigenvalue weighted by Gasteiger charge is -2.04. The molecule has 9 heteroatoms. The summed E-state index contributed by atoms with van der Waals surface area (Å²) in [6, 6.07) is 2.63. The van der Waals surface area contributed by atoms with Crippen LogP contribution in [-0.4, -0.2) is 28.2 Å². The Labute approximate surface area is 109 Å². The number of halogens is 1. The number of hydrogen-bond acceptors (Lipinski definition) is 5. The van der Waals surface area contributed by atoms with Crippen LogP contribution in [0, 0.1) is 0 Å². The Hall–Kier alpha value is -1.51. The summed E-state index contributed by atoms with van der Waals surface area (Å²) >= 11 is 5.64. The molecule has 18 heavy (non-hydrogen) atoms. The Morgan fingerprint density at radius 1 is 1.44 bits per heavy atom. The van der Waals surface area contributed by atoms with Gasteiger partial charge < -0.3 is 0 Å². The highest BCUT2D eigenvalue weighted by atomic mass is 35.5. The van der Waals surface area contributed by atoms with Crippen molar-refractivity contribution in [2.24, 2.45) is 7.05 Å². The molecule has 0 amide bonds. The van der Waals surface area contributed by atoms with Crippen LogP contribution >= 0.6 is 11.6 Å². The van der Waals surface area contributed by atoms with Crippen LogP contribution < -0.4 is 4.72 Å². The minimum atomic E-state index is -3.64. The van der Waals surface area contributed by atoms with Crippen molar-refractivity contribution in [3.05, 3.63) is 35.6 Å². The van der Waals surface area contributed by atoms with E-state index < -0.39 is 10.0 Å². The number of aryl methyl sites for hydroxylation is 1. The average molecular weight is 288 g/mol. The highest BCUT2D eigenvalue weighted by molar-refractivity contribution is 7.89. The second-order valence-electron chi connectivity index (χ2n) is 3.47. The van der Waals surface area contributed by atoms with Crippen molar-refractivity contribution in [2.75, 3.05) is 0 Å². The standard InChI is InChI=1S/C9H10ClN5O2S/c1-15-6-12-9(14-15)5-13-18(16,17)7-2-3-11-8(10)4-7/h2-4,6,13H,5H2,1H3. The zero-order valence-corrected chi connectivity index (χ0v) is 11.0. The van der Waals surface area contributed by atoms with Crippen molar-refractivity contribution in [3.63, 3.8) is 0 Å². The Morgan fingerprint density at radius 2 is 2.22 bits per heavy atom. The molecular weight excluding hydrogens is 278 g/mol. The first kappa shape index (κ1) is 12.9. The molecule has 0 saturated heterocycles. The van der Waals surface area contributed by atoms with Crippen LogP contribution in [0.5, 0.6) is 0 Å². The van der Waals surface area contributed by atoms with Crippen molar-refractivity contribution in [1.29, 1.82) is 0 Å². The van der Waals surface area contributed by atoms with E-state index in [1.165, 1.54) is 29.3 Å². The average Bonchev–Trinajstić information content (AvgIpc) is 2.73. The van der Waals surface area contributed by atoms with Crippen LogP contribution in [0.25, 0.3) is 0 Å². The van der Waals surface area contributed by atoms with Gasteiger partial charge in [-0.3, -0.25) is 4.68 Å². The van der Waals surface area contributed by atoms with Gasteiger partial charge in [0.1, 0.15) is 11.5 Å². The highest BCUT2D eigenvalue weighted by Crippen LogP contribution is 2.12. The van der Waals surface area contributed by atoms with E-state index in [0.717, 1.165) is 0 Å². The SMILES string of the molecule is Cn1cnc(CNS(=O)(=O)c2ccnc(Cl)c2)n1. The fourth-order valence-corrected chi connectivity index (χ4v) is 2.49. The van der Waals surface area contributed by atoms with Gasteiger partial charge >= 0.3 is 0 Å². The normalized spacial score (nSPS) is 11.7. The summed E-state index contributed by atoms with van der Waals surface area (Å²) in [4.78, 5) is 7.69. The molecule has 0 fully saturated rings. The molecule has 1 N–H and O–H groups in total. The molecule has 2 rings (SSSR count). The molecule has 0 bridgehead atoms. The van der Waals surface area contributed by atoms with Crippen molar-refractivity contribution in [3.8, 4) is 0 Å². The van der Waals surface area contributed by atoms with E-state index in [2.05, 4.69) is 19.8 Å². The second kappa shape index (κ2) is 5.01. The minimum Gasteiger partial charge on any atom is -0.256 e. The van der Waals surface area contributed by atoms with Gasteiger partial charge in [-0.2, -0.15) is 5.10 Å². The number of rotatable bonds is 4. The number of pyridine rings is 1. The van der Waals surface area contributed by atoms with E-state index in [9.17, 15) is 8.42 Å². The molecule has 0 aliphatic rings. The molecule has 7 nitrogen and oxygen atoms in total. The van der Waals surface area contributed by atoms with E-state index in [1.807, 2.05) is 0 Å². The van der Waals surface area contributed by atoms with Crippen molar-refractivity contribution >= 4 is 21.6 Å². The van der Waals surface area contributed by atoms with Gasteiger partial charge in [-0.15, -0.1) is 0 Å². The zero-order chi connectivity index (χ0) is 13.2. The Balaban J connectivity index is 2.13. The molecule has 0 saturated carbocycles. The monoisotopic (exact) mass is 287 g/mol. The van der Waals surface area contributed by atoms with Gasteiger partial charge in [-0.05, 0) is 12.1 Å². The van der Waals surface area contributed by atoms with Gasteiger partial charge in [0.15, 0.2) is 5.82 Å². The maximum absolute atomic E-state index is 11.9. The van der Waals surface area contributed by atoms with Crippen molar-refractivity contribution in [2.45, 2.75) is 11.4 Å². The molecule has 0 aliphatic carbocycles. The Bertz CT molecular complexity index is 654. The van der Waals surface area contributed by atoms with Gasteiger partial charge in [0.05, 0.1) is 11.4 Å². The Kier molecular flexibility index (Phi) is 3.60. The van der Waals surface area contributed by atoms with Crippen LogP contribution in [0.3, 0.4) is 0 Å². The number of aromatic nitrogens is 4. The number of sulfonamides is 1. The summed E-state index contributed by atoms with van der Waals surface area (Å²) < 4.78 is 27.7. The second-order valence-corrected chi connectivity index (χ2v) is 5.63. The van der Waals surface area contributed by atoms with E-state index in [-0.39, 0.29) is 16.6 Å². The molecule has 0 aromatic carbocycles. The molecule has 0 radical (unpaired) electrons. The lowest BCUT2D eigenvalue weighted by molar-refractivity contribution is 0.578. The van der Waals surface area contributed by atoms with Gasteiger partial charge in [0, 0.05) is 13.2 Å². The predicted molar refractivity (Wildman–Crippen MR) is 64.3 cm³/mol. The molecule has 2 aromatic rings. The van der Waals surface area contributed by atoms with Gasteiger partial charge in [0.25, 0.3) is 0 Å². The van der Waals surface area contributed by atoms with Crippen molar-refractivity contribution < 1.29 is 8.42 Å². The van der Waals surface area contributed by atoms with E-state index in [0.29, 0.717) is 5.82 Å². The molecule has 0 atom stereocenters. The van der Waals surface area contributed by atoms with Gasteiger partial charge in [-0.25, -0.2) is 23.1 Å². The van der Waals surface area contributed by atoms with E-state index >= 15 is 0 Å². The number of hydrogen-bond donors (Lipinski definition) is 1. The van der Waals surface area contributed by atoms with Crippen LogP contribution in [-0.2, 0) is 23.6 Å². The number of nitrogens with one attached hydrogen (secondary N) is 1. The van der Waals surface area contributed by atoms with Crippen LogP contribution in [0.1, 0.15) is 5.82 Å². The molecule has 96 valence electrons. The van der Waals surface area contributed by atoms with Crippen LogP contribution in [0.4, 0.5) is 0 Å². The third kappa shape index (κ3) is 3.03. The van der Waals surface area contributed by atoms with Crippen LogP contribution in [0.2, 0.25) is 5.15 Å². The Morgan fingerprint density at radius 3 is 2.83 bits per heavy atom. The zero-order valence-electron chi connectivity index (χ0n) is 9.41. The topological polar surface area (TPSA) is 89.8 Å². The third-order valence-corrected chi connectivity index (χ3v) is 3.68. The molecular formula is C9H10ClN5O2S. The third-order valence-electron chi connectivity index (χ3n) is 2.08. The maximum atomic E-state index is 11.9. The minimum absolute atomic E-state index is 0.0170. The summed E-state index contributed by atoms with van der Waals surface area (Å²) in [7, 11) is -1.93. The molecule has 2 aromatic heterocycles. The lowest BCUT2D eigenvalue weighted by atomic mass is 10.5. The number of nitrogens with zero attached hydrogens (tertiary/aromatic N) is 4. The highest BCUT2D eigenvalue weighted by Gasteiger charge is 2.15. The molecule has 0 spiro atoms. The van der Waals surface area contributed by atoms with Crippen LogP contribution in [0.15, 0.2) is 29.6 Å². The fraction of sp³-hybridized carbons (Fsp3) is 0.222. The summed E-state index contributed by atoms with van der Waals surface area (Å²) in [5, 5.41) is 4.08. The first-order chi connectivity index (χ1) is 8.47. The lowest BCUT2D eigenvalue weighted by Crippen LogP contribution is -2.24. The summed E-state index contributed by atoms with van der Waals surface area (Å²) in [6.07, 6.45) is 2.82. The van der Waals surface area contributed by atoms with Gasteiger partial charge in [-0.1, -0.05) is 11.6 Å².